The van der Waals surface area contributed by atoms with Crippen molar-refractivity contribution in [3.8, 4) is 5.69 Å². The van der Waals surface area contributed by atoms with Crippen molar-refractivity contribution in [2.75, 3.05) is 6.54 Å². The molecule has 3 rings (SSSR count). The van der Waals surface area contributed by atoms with Crippen LogP contribution in [0.15, 0.2) is 53.3 Å². The second-order valence-electron chi connectivity index (χ2n) is 9.72. The van der Waals surface area contributed by atoms with Gasteiger partial charge < -0.3 is 4.90 Å². The predicted molar refractivity (Wildman–Crippen MR) is 140 cm³/mol. The number of hydrogen-bond acceptors (Lipinski definition) is 3. The highest BCUT2D eigenvalue weighted by Gasteiger charge is 2.31. The fourth-order valence-corrected chi connectivity index (χ4v) is 4.64. The van der Waals surface area contributed by atoms with E-state index in [0.29, 0.717) is 29.2 Å². The zero-order chi connectivity index (χ0) is 24.8. The summed E-state index contributed by atoms with van der Waals surface area (Å²) in [4.78, 5) is 34.5. The molecule has 0 aliphatic carbocycles. The number of fused-ring (bicyclic) bond motifs is 1. The number of unbranched alkanes of at least 4 members (excludes halogenated alkanes) is 1. The highest BCUT2D eigenvalue weighted by molar-refractivity contribution is 5.80. The molecule has 1 heterocycles. The minimum absolute atomic E-state index is 0.0137. The molecule has 0 aliphatic heterocycles. The van der Waals surface area contributed by atoms with E-state index in [1.807, 2.05) is 67.3 Å². The SMILES string of the molecule is CCCCC(CC)C(=O)N(CC(C)C)C(C)c1nc2ccccc2c(=O)n1-c1ccccc1C. The van der Waals surface area contributed by atoms with Crippen LogP contribution in [0.1, 0.15) is 77.7 Å². The number of nitrogens with zero attached hydrogens (tertiary/aromatic N) is 3. The maximum absolute atomic E-state index is 13.8. The lowest BCUT2D eigenvalue weighted by Gasteiger charge is -2.34. The Hall–Kier alpha value is -2.95. The second kappa shape index (κ2) is 11.5. The number of carbonyl (C=O) groups is 1. The highest BCUT2D eigenvalue weighted by atomic mass is 16.2. The molecule has 2 aromatic carbocycles. The van der Waals surface area contributed by atoms with Crippen molar-refractivity contribution in [1.29, 1.82) is 0 Å². The highest BCUT2D eigenvalue weighted by Crippen LogP contribution is 2.28. The lowest BCUT2D eigenvalue weighted by atomic mass is 9.96. The number of hydrogen-bond donors (Lipinski definition) is 0. The maximum Gasteiger partial charge on any atom is 0.266 e. The molecule has 182 valence electrons. The van der Waals surface area contributed by atoms with E-state index < -0.39 is 0 Å². The third-order valence-corrected chi connectivity index (χ3v) is 6.59. The minimum atomic E-state index is -0.345. The van der Waals surface area contributed by atoms with Gasteiger partial charge in [-0.25, -0.2) is 4.98 Å². The molecule has 0 saturated heterocycles. The Bertz CT molecular complexity index is 1180. The van der Waals surface area contributed by atoms with E-state index in [2.05, 4.69) is 27.7 Å². The van der Waals surface area contributed by atoms with E-state index in [1.165, 1.54) is 0 Å². The molecule has 0 spiro atoms. The van der Waals surface area contributed by atoms with E-state index in [-0.39, 0.29) is 23.4 Å². The van der Waals surface area contributed by atoms with Crippen molar-refractivity contribution in [3.63, 3.8) is 0 Å². The molecule has 1 aromatic heterocycles. The Morgan fingerprint density at radius 1 is 1.03 bits per heavy atom. The summed E-state index contributed by atoms with van der Waals surface area (Å²) in [6, 6.07) is 15.0. The van der Waals surface area contributed by atoms with Crippen molar-refractivity contribution >= 4 is 16.8 Å². The first kappa shape index (κ1) is 25.7. The van der Waals surface area contributed by atoms with Crippen LogP contribution >= 0.6 is 0 Å². The summed E-state index contributed by atoms with van der Waals surface area (Å²) in [6.07, 6.45) is 3.82. The van der Waals surface area contributed by atoms with Crippen LogP contribution in [0.2, 0.25) is 0 Å². The topological polar surface area (TPSA) is 55.2 Å². The zero-order valence-electron chi connectivity index (χ0n) is 21.5. The van der Waals surface area contributed by atoms with Gasteiger partial charge in [-0.05, 0) is 56.4 Å². The van der Waals surface area contributed by atoms with Gasteiger partial charge in [0.2, 0.25) is 5.91 Å². The van der Waals surface area contributed by atoms with Crippen LogP contribution in [-0.2, 0) is 4.79 Å². The summed E-state index contributed by atoms with van der Waals surface area (Å²) < 4.78 is 1.72. The Morgan fingerprint density at radius 3 is 2.35 bits per heavy atom. The number of aryl methyl sites for hydroxylation is 1. The number of aromatic nitrogens is 2. The Morgan fingerprint density at radius 2 is 1.71 bits per heavy atom. The van der Waals surface area contributed by atoms with Crippen molar-refractivity contribution in [2.45, 2.75) is 73.3 Å². The van der Waals surface area contributed by atoms with E-state index in [4.69, 9.17) is 4.98 Å². The van der Waals surface area contributed by atoms with E-state index in [9.17, 15) is 9.59 Å². The molecule has 3 aromatic rings. The van der Waals surface area contributed by atoms with Crippen LogP contribution in [0.4, 0.5) is 0 Å². The molecule has 0 fully saturated rings. The van der Waals surface area contributed by atoms with Gasteiger partial charge in [-0.3, -0.25) is 14.2 Å². The molecule has 5 heteroatoms. The molecule has 0 N–H and O–H groups in total. The van der Waals surface area contributed by atoms with Crippen molar-refractivity contribution in [2.24, 2.45) is 11.8 Å². The smallest absolute Gasteiger partial charge is 0.266 e. The third kappa shape index (κ3) is 5.40. The predicted octanol–water partition coefficient (Wildman–Crippen LogP) is 6.46. The number of carbonyl (C=O) groups excluding carboxylic acids is 1. The zero-order valence-corrected chi connectivity index (χ0v) is 21.5. The van der Waals surface area contributed by atoms with Gasteiger partial charge in [0.25, 0.3) is 5.56 Å². The molecular formula is C29H39N3O2. The fourth-order valence-electron chi connectivity index (χ4n) is 4.64. The number of para-hydroxylation sites is 2. The molecule has 5 nitrogen and oxygen atoms in total. The molecule has 0 bridgehead atoms. The average molecular weight is 462 g/mol. The van der Waals surface area contributed by atoms with Crippen molar-refractivity contribution in [1.82, 2.24) is 14.5 Å². The van der Waals surface area contributed by atoms with Gasteiger partial charge in [0.1, 0.15) is 5.82 Å². The molecule has 34 heavy (non-hydrogen) atoms. The fraction of sp³-hybridized carbons (Fsp3) is 0.483. The Balaban J connectivity index is 2.21. The average Bonchev–Trinajstić information content (AvgIpc) is 2.83. The van der Waals surface area contributed by atoms with E-state index >= 15 is 0 Å². The van der Waals surface area contributed by atoms with Gasteiger partial charge in [0.15, 0.2) is 0 Å². The summed E-state index contributed by atoms with van der Waals surface area (Å²) in [5.74, 6) is 1.06. The summed E-state index contributed by atoms with van der Waals surface area (Å²) in [5.41, 5.74) is 2.36. The molecule has 1 amide bonds. The normalized spacial score (nSPS) is 13.3. The van der Waals surface area contributed by atoms with Crippen LogP contribution in [-0.4, -0.2) is 26.9 Å². The first-order valence-corrected chi connectivity index (χ1v) is 12.7. The first-order valence-electron chi connectivity index (χ1n) is 12.7. The monoisotopic (exact) mass is 461 g/mol. The Labute approximate surface area is 203 Å². The van der Waals surface area contributed by atoms with Gasteiger partial charge in [-0.1, -0.05) is 70.9 Å². The van der Waals surface area contributed by atoms with Crippen LogP contribution in [0, 0.1) is 18.8 Å². The van der Waals surface area contributed by atoms with Crippen molar-refractivity contribution in [3.05, 3.63) is 70.3 Å². The van der Waals surface area contributed by atoms with Gasteiger partial charge in [-0.15, -0.1) is 0 Å². The molecule has 0 saturated carbocycles. The van der Waals surface area contributed by atoms with Gasteiger partial charge in [0, 0.05) is 12.5 Å². The summed E-state index contributed by atoms with van der Waals surface area (Å²) >= 11 is 0. The molecule has 2 atom stereocenters. The third-order valence-electron chi connectivity index (χ3n) is 6.59. The van der Waals surface area contributed by atoms with Crippen LogP contribution in [0.3, 0.4) is 0 Å². The van der Waals surface area contributed by atoms with Gasteiger partial charge in [0.05, 0.1) is 22.6 Å². The molecule has 0 aliphatic rings. The largest absolute Gasteiger partial charge is 0.332 e. The summed E-state index contributed by atoms with van der Waals surface area (Å²) in [6.45, 7) is 13.1. The number of benzene rings is 2. The number of amides is 1. The molecular weight excluding hydrogens is 422 g/mol. The molecule has 2 unspecified atom stereocenters. The van der Waals surface area contributed by atoms with E-state index in [0.717, 1.165) is 36.9 Å². The minimum Gasteiger partial charge on any atom is -0.332 e. The maximum atomic E-state index is 13.8. The van der Waals surface area contributed by atoms with Gasteiger partial charge >= 0.3 is 0 Å². The van der Waals surface area contributed by atoms with Crippen LogP contribution < -0.4 is 5.56 Å². The summed E-state index contributed by atoms with van der Waals surface area (Å²) in [5, 5.41) is 0.581. The quantitative estimate of drug-likeness (QED) is 0.348. The van der Waals surface area contributed by atoms with Gasteiger partial charge in [-0.2, -0.15) is 0 Å². The second-order valence-corrected chi connectivity index (χ2v) is 9.72. The van der Waals surface area contributed by atoms with Crippen LogP contribution in [0.5, 0.6) is 0 Å². The Kier molecular flexibility index (Phi) is 8.65. The van der Waals surface area contributed by atoms with E-state index in [1.54, 1.807) is 4.57 Å². The van der Waals surface area contributed by atoms with Crippen molar-refractivity contribution < 1.29 is 4.79 Å². The summed E-state index contributed by atoms with van der Waals surface area (Å²) in [7, 11) is 0. The van der Waals surface area contributed by atoms with Crippen LogP contribution in [0.25, 0.3) is 16.6 Å². The lowest BCUT2D eigenvalue weighted by Crippen LogP contribution is -2.42. The number of rotatable bonds is 10. The molecule has 0 radical (unpaired) electrons. The first-order chi connectivity index (χ1) is 16.3. The standard InChI is InChI=1S/C29H39N3O2/c1-7-9-15-23(8-2)28(33)31(19-20(3)4)22(6)27-30-25-17-12-11-16-24(25)29(34)32(27)26-18-13-10-14-21(26)5/h10-14,16-18,20,22-23H,7-9,15,19H2,1-6H3. The lowest BCUT2D eigenvalue weighted by molar-refractivity contribution is -0.139.